The number of nitrogens with zero attached hydrogens (tertiary/aromatic N) is 4. The molecule has 1 N–H and O–H groups in total. The van der Waals surface area contributed by atoms with Crippen LogP contribution in [0.2, 0.25) is 0 Å². The lowest BCUT2D eigenvalue weighted by molar-refractivity contribution is 0.277. The molecule has 0 spiro atoms. The lowest BCUT2D eigenvalue weighted by atomic mass is 10.4. The fourth-order valence-corrected chi connectivity index (χ4v) is 1.18. The van der Waals surface area contributed by atoms with Crippen molar-refractivity contribution in [3.63, 3.8) is 0 Å². The third-order valence-corrected chi connectivity index (χ3v) is 1.92. The molecule has 5 nitrogen and oxygen atoms in total. The maximum atomic E-state index is 8.92. The van der Waals surface area contributed by atoms with Crippen molar-refractivity contribution in [1.82, 2.24) is 19.5 Å². The van der Waals surface area contributed by atoms with Gasteiger partial charge in [-0.25, -0.2) is 15.0 Å². The smallest absolute Gasteiger partial charge is 0.178 e. The summed E-state index contributed by atoms with van der Waals surface area (Å²) in [5, 5.41) is 8.92. The molecule has 0 unspecified atom stereocenters. The Bertz CT molecular complexity index is 438. The molecule has 0 bridgehead atoms. The highest BCUT2D eigenvalue weighted by molar-refractivity contribution is 5.47. The van der Waals surface area contributed by atoms with Crippen molar-refractivity contribution in [2.45, 2.75) is 6.61 Å². The Morgan fingerprint density at radius 2 is 2.36 bits per heavy atom. The van der Waals surface area contributed by atoms with E-state index in [9.17, 15) is 0 Å². The van der Waals surface area contributed by atoms with E-state index in [1.165, 1.54) is 0 Å². The molecule has 0 aliphatic rings. The van der Waals surface area contributed by atoms with Gasteiger partial charge in [0.05, 0.1) is 24.8 Å². The molecule has 0 aromatic carbocycles. The Kier molecular flexibility index (Phi) is 2.24. The van der Waals surface area contributed by atoms with Crippen molar-refractivity contribution in [1.29, 1.82) is 0 Å². The predicted octanol–water partition coefficient (Wildman–Crippen LogP) is 0.369. The fraction of sp³-hybridized carbons (Fsp3) is 0.222. The molecular formula is C9H10N4O. The first-order valence-electron chi connectivity index (χ1n) is 4.20. The van der Waals surface area contributed by atoms with Gasteiger partial charge in [-0.3, -0.25) is 0 Å². The summed E-state index contributed by atoms with van der Waals surface area (Å²) in [6.07, 6.45) is 5.00. The van der Waals surface area contributed by atoms with Crippen LogP contribution in [-0.4, -0.2) is 24.6 Å². The molecule has 0 aliphatic carbocycles. The molecule has 0 saturated heterocycles. The molecule has 14 heavy (non-hydrogen) atoms. The van der Waals surface area contributed by atoms with E-state index < -0.39 is 0 Å². The maximum Gasteiger partial charge on any atom is 0.178 e. The Labute approximate surface area is 81.1 Å². The normalized spacial score (nSPS) is 10.4. The third-order valence-electron chi connectivity index (χ3n) is 1.92. The first-order valence-corrected chi connectivity index (χ1v) is 4.20. The summed E-state index contributed by atoms with van der Waals surface area (Å²) in [7, 11) is 1.87. The topological polar surface area (TPSA) is 63.8 Å². The number of hydrogen-bond acceptors (Lipinski definition) is 4. The van der Waals surface area contributed by atoms with Gasteiger partial charge in [0.2, 0.25) is 0 Å². The molecule has 2 aromatic heterocycles. The summed E-state index contributed by atoms with van der Waals surface area (Å²) >= 11 is 0. The van der Waals surface area contributed by atoms with Gasteiger partial charge >= 0.3 is 0 Å². The zero-order valence-electron chi connectivity index (χ0n) is 7.75. The van der Waals surface area contributed by atoms with Crippen LogP contribution >= 0.6 is 0 Å². The van der Waals surface area contributed by atoms with Crippen LogP contribution in [0.25, 0.3) is 11.5 Å². The van der Waals surface area contributed by atoms with Crippen LogP contribution in [0.5, 0.6) is 0 Å². The molecule has 72 valence electrons. The Morgan fingerprint density at radius 1 is 1.50 bits per heavy atom. The van der Waals surface area contributed by atoms with Gasteiger partial charge in [-0.05, 0) is 6.07 Å². The van der Waals surface area contributed by atoms with Gasteiger partial charge in [-0.15, -0.1) is 0 Å². The van der Waals surface area contributed by atoms with E-state index >= 15 is 0 Å². The highest BCUT2D eigenvalue weighted by Crippen LogP contribution is 2.12. The van der Waals surface area contributed by atoms with Gasteiger partial charge in [0.1, 0.15) is 5.69 Å². The van der Waals surface area contributed by atoms with Crippen molar-refractivity contribution in [2.75, 3.05) is 0 Å². The Balaban J connectivity index is 2.47. The summed E-state index contributed by atoms with van der Waals surface area (Å²) in [5.74, 6) is 0.580. The number of imidazole rings is 1. The summed E-state index contributed by atoms with van der Waals surface area (Å²) in [4.78, 5) is 12.3. The van der Waals surface area contributed by atoms with Gasteiger partial charge < -0.3 is 9.67 Å². The van der Waals surface area contributed by atoms with E-state index in [4.69, 9.17) is 5.11 Å². The van der Waals surface area contributed by atoms with Crippen LogP contribution in [0.1, 0.15) is 5.69 Å². The number of aliphatic hydroxyl groups is 1. The average molecular weight is 190 g/mol. The zero-order chi connectivity index (χ0) is 9.97. The summed E-state index contributed by atoms with van der Waals surface area (Å²) in [6, 6.07) is 1.68. The van der Waals surface area contributed by atoms with Crippen molar-refractivity contribution < 1.29 is 5.11 Å². The second-order valence-electron chi connectivity index (χ2n) is 2.92. The quantitative estimate of drug-likeness (QED) is 0.743. The Hall–Kier alpha value is -1.75. The van der Waals surface area contributed by atoms with E-state index in [-0.39, 0.29) is 6.61 Å². The monoisotopic (exact) mass is 190 g/mol. The van der Waals surface area contributed by atoms with Crippen LogP contribution < -0.4 is 0 Å². The highest BCUT2D eigenvalue weighted by atomic mass is 16.3. The summed E-state index contributed by atoms with van der Waals surface area (Å²) in [5.41, 5.74) is 1.44. The minimum Gasteiger partial charge on any atom is -0.390 e. The van der Waals surface area contributed by atoms with Gasteiger partial charge in [0.25, 0.3) is 0 Å². The van der Waals surface area contributed by atoms with E-state index in [1.807, 2.05) is 11.6 Å². The molecular weight excluding hydrogens is 180 g/mol. The minimum absolute atomic E-state index is 0.0760. The van der Waals surface area contributed by atoms with Crippen molar-refractivity contribution in [2.24, 2.45) is 7.05 Å². The lowest BCUT2D eigenvalue weighted by Gasteiger charge is -2.01. The van der Waals surface area contributed by atoms with Gasteiger partial charge in [0.15, 0.2) is 5.82 Å². The fourth-order valence-electron chi connectivity index (χ4n) is 1.18. The second-order valence-corrected chi connectivity index (χ2v) is 2.92. The SMILES string of the molecule is Cn1cncc1-c1nccc(CO)n1. The molecule has 0 amide bonds. The first kappa shape index (κ1) is 8.83. The van der Waals surface area contributed by atoms with Crippen LogP contribution in [0, 0.1) is 0 Å². The third kappa shape index (κ3) is 1.49. The van der Waals surface area contributed by atoms with Crippen LogP contribution in [0.4, 0.5) is 0 Å². The molecule has 0 aliphatic heterocycles. The van der Waals surface area contributed by atoms with Gasteiger partial charge in [0, 0.05) is 13.2 Å². The van der Waals surface area contributed by atoms with E-state index in [2.05, 4.69) is 15.0 Å². The molecule has 5 heteroatoms. The van der Waals surface area contributed by atoms with Gasteiger partial charge in [-0.1, -0.05) is 0 Å². The number of hydrogen-bond donors (Lipinski definition) is 1. The largest absolute Gasteiger partial charge is 0.390 e. The molecule has 0 saturated carbocycles. The summed E-state index contributed by atoms with van der Waals surface area (Å²) < 4.78 is 1.83. The predicted molar refractivity (Wildman–Crippen MR) is 50.2 cm³/mol. The average Bonchev–Trinajstić information content (AvgIpc) is 2.65. The number of rotatable bonds is 2. The molecule has 2 rings (SSSR count). The number of aryl methyl sites for hydroxylation is 1. The van der Waals surface area contributed by atoms with Crippen LogP contribution in [0.15, 0.2) is 24.8 Å². The molecule has 2 aromatic rings. The molecule has 2 heterocycles. The first-order chi connectivity index (χ1) is 6.81. The number of aliphatic hydroxyl groups excluding tert-OH is 1. The van der Waals surface area contributed by atoms with Gasteiger partial charge in [-0.2, -0.15) is 0 Å². The summed E-state index contributed by atoms with van der Waals surface area (Å²) in [6.45, 7) is -0.0760. The Morgan fingerprint density at radius 3 is 3.00 bits per heavy atom. The zero-order valence-corrected chi connectivity index (χ0v) is 7.75. The molecule has 0 atom stereocenters. The maximum absolute atomic E-state index is 8.92. The van der Waals surface area contributed by atoms with E-state index in [0.717, 1.165) is 5.69 Å². The van der Waals surface area contributed by atoms with Crippen LogP contribution in [0.3, 0.4) is 0 Å². The van der Waals surface area contributed by atoms with Crippen molar-refractivity contribution in [3.05, 3.63) is 30.5 Å². The van der Waals surface area contributed by atoms with E-state index in [0.29, 0.717) is 11.5 Å². The highest BCUT2D eigenvalue weighted by Gasteiger charge is 2.05. The lowest BCUT2D eigenvalue weighted by Crippen LogP contribution is -1.98. The molecule has 0 fully saturated rings. The van der Waals surface area contributed by atoms with E-state index in [1.54, 1.807) is 24.8 Å². The second kappa shape index (κ2) is 3.55. The van der Waals surface area contributed by atoms with Crippen molar-refractivity contribution in [3.8, 4) is 11.5 Å². The standard InChI is InChI=1S/C9H10N4O/c1-13-6-10-4-8(13)9-11-3-2-7(5-14)12-9/h2-4,6,14H,5H2,1H3. The van der Waals surface area contributed by atoms with Crippen molar-refractivity contribution >= 4 is 0 Å². The molecule has 0 radical (unpaired) electrons. The number of aromatic nitrogens is 4. The van der Waals surface area contributed by atoms with Crippen LogP contribution in [-0.2, 0) is 13.7 Å². The minimum atomic E-state index is -0.0760.